The van der Waals surface area contributed by atoms with Crippen LogP contribution in [-0.2, 0) is 4.79 Å². The van der Waals surface area contributed by atoms with E-state index in [0.29, 0.717) is 16.6 Å². The van der Waals surface area contributed by atoms with Gasteiger partial charge in [-0.15, -0.1) is 5.10 Å². The Bertz CT molecular complexity index is 948. The van der Waals surface area contributed by atoms with Gasteiger partial charge in [-0.1, -0.05) is 41.1 Å². The van der Waals surface area contributed by atoms with E-state index >= 15 is 0 Å². The molecule has 0 fully saturated rings. The van der Waals surface area contributed by atoms with Crippen LogP contribution in [0.3, 0.4) is 0 Å². The summed E-state index contributed by atoms with van der Waals surface area (Å²) in [6.07, 6.45) is 1.18. The van der Waals surface area contributed by atoms with Crippen LogP contribution >= 0.6 is 23.4 Å². The van der Waals surface area contributed by atoms with Crippen molar-refractivity contribution in [2.24, 2.45) is 0 Å². The average Bonchev–Trinajstić information content (AvgIpc) is 3.11. The molecular weight excluding hydrogens is 394 g/mol. The van der Waals surface area contributed by atoms with Crippen LogP contribution in [0.5, 0.6) is 0 Å². The Kier molecular flexibility index (Phi) is 6.70. The second-order valence-electron chi connectivity index (χ2n) is 6.62. The number of carbonyl (C=O) groups is 1. The highest BCUT2D eigenvalue weighted by Gasteiger charge is 2.11. The predicted octanol–water partition coefficient (Wildman–Crippen LogP) is 4.75. The van der Waals surface area contributed by atoms with Crippen LogP contribution in [0.1, 0.15) is 29.5 Å². The predicted molar refractivity (Wildman–Crippen MR) is 113 cm³/mol. The first-order valence-corrected chi connectivity index (χ1v) is 10.3. The molecule has 3 aromatic rings. The zero-order valence-electron chi connectivity index (χ0n) is 16.1. The number of aryl methyl sites for hydroxylation is 3. The zero-order valence-corrected chi connectivity index (χ0v) is 17.6. The summed E-state index contributed by atoms with van der Waals surface area (Å²) in [5.74, 6) is 0.765. The van der Waals surface area contributed by atoms with E-state index in [0.717, 1.165) is 34.7 Å². The number of hydrogen-bond acceptors (Lipinski definition) is 5. The Morgan fingerprint density at radius 1 is 1.14 bits per heavy atom. The van der Waals surface area contributed by atoms with Gasteiger partial charge in [0.05, 0.1) is 5.69 Å². The van der Waals surface area contributed by atoms with E-state index in [9.17, 15) is 4.79 Å². The number of halogens is 1. The van der Waals surface area contributed by atoms with E-state index < -0.39 is 0 Å². The van der Waals surface area contributed by atoms with Crippen LogP contribution in [0.15, 0.2) is 41.6 Å². The molecule has 0 aliphatic rings. The number of tetrazole rings is 1. The molecule has 2 aromatic carbocycles. The summed E-state index contributed by atoms with van der Waals surface area (Å²) >= 11 is 7.45. The molecule has 0 saturated carbocycles. The van der Waals surface area contributed by atoms with Crippen molar-refractivity contribution in [1.82, 2.24) is 20.2 Å². The molecule has 3 rings (SSSR count). The van der Waals surface area contributed by atoms with Gasteiger partial charge in [0.15, 0.2) is 0 Å². The van der Waals surface area contributed by atoms with Gasteiger partial charge in [0.1, 0.15) is 0 Å². The minimum atomic E-state index is 0.0212. The van der Waals surface area contributed by atoms with Gasteiger partial charge in [0.25, 0.3) is 0 Å². The molecule has 6 nitrogen and oxygen atoms in total. The maximum atomic E-state index is 12.3. The Labute approximate surface area is 173 Å². The number of thioether (sulfide) groups is 1. The monoisotopic (exact) mass is 415 g/mol. The Morgan fingerprint density at radius 2 is 1.82 bits per heavy atom. The van der Waals surface area contributed by atoms with E-state index in [1.54, 1.807) is 16.8 Å². The largest absolute Gasteiger partial charge is 0.326 e. The smallest absolute Gasteiger partial charge is 0.224 e. The standard InChI is InChI=1S/C20H22ClN5OS/c1-13-11-14(2)19(15(3)12-13)22-18(27)5-4-10-28-20-23-24-25-26(20)17-8-6-16(21)7-9-17/h6-9,11-12H,4-5,10H2,1-3H3,(H,22,27). The summed E-state index contributed by atoms with van der Waals surface area (Å²) in [5, 5.41) is 16.2. The average molecular weight is 416 g/mol. The molecule has 1 aromatic heterocycles. The molecule has 0 bridgehead atoms. The summed E-state index contributed by atoms with van der Waals surface area (Å²) in [5.41, 5.74) is 5.13. The molecule has 1 heterocycles. The van der Waals surface area contributed by atoms with Crippen LogP contribution in [0.25, 0.3) is 5.69 Å². The minimum absolute atomic E-state index is 0.0212. The first-order valence-electron chi connectivity index (χ1n) is 8.99. The van der Waals surface area contributed by atoms with Gasteiger partial charge in [-0.3, -0.25) is 4.79 Å². The summed E-state index contributed by atoms with van der Waals surface area (Å²) in [6, 6.07) is 11.5. The van der Waals surface area contributed by atoms with Crippen molar-refractivity contribution >= 4 is 35.0 Å². The Hall–Kier alpha value is -2.38. The maximum Gasteiger partial charge on any atom is 0.224 e. The fraction of sp³-hybridized carbons (Fsp3) is 0.300. The normalized spacial score (nSPS) is 10.9. The number of anilines is 1. The van der Waals surface area contributed by atoms with Gasteiger partial charge in [-0.05, 0) is 73.0 Å². The molecule has 0 spiro atoms. The molecule has 146 valence electrons. The number of aromatic nitrogens is 4. The van der Waals surface area contributed by atoms with Crippen molar-refractivity contribution in [2.75, 3.05) is 11.1 Å². The van der Waals surface area contributed by atoms with Crippen molar-refractivity contribution in [1.29, 1.82) is 0 Å². The van der Waals surface area contributed by atoms with Crippen molar-refractivity contribution in [3.8, 4) is 5.69 Å². The summed E-state index contributed by atoms with van der Waals surface area (Å²) < 4.78 is 1.67. The Morgan fingerprint density at radius 3 is 2.50 bits per heavy atom. The van der Waals surface area contributed by atoms with Gasteiger partial charge < -0.3 is 5.32 Å². The lowest BCUT2D eigenvalue weighted by Crippen LogP contribution is -2.13. The second-order valence-corrected chi connectivity index (χ2v) is 8.12. The molecule has 0 radical (unpaired) electrons. The lowest BCUT2D eigenvalue weighted by atomic mass is 10.0. The zero-order chi connectivity index (χ0) is 20.1. The Balaban J connectivity index is 1.51. The van der Waals surface area contributed by atoms with Gasteiger partial charge >= 0.3 is 0 Å². The lowest BCUT2D eigenvalue weighted by molar-refractivity contribution is -0.116. The lowest BCUT2D eigenvalue weighted by Gasteiger charge is -2.12. The summed E-state index contributed by atoms with van der Waals surface area (Å²) in [4.78, 5) is 12.3. The number of hydrogen-bond donors (Lipinski definition) is 1. The van der Waals surface area contributed by atoms with E-state index in [4.69, 9.17) is 11.6 Å². The topological polar surface area (TPSA) is 72.7 Å². The van der Waals surface area contributed by atoms with Crippen molar-refractivity contribution in [3.05, 3.63) is 58.1 Å². The third-order valence-electron chi connectivity index (χ3n) is 4.23. The molecular formula is C20H22ClN5OS. The van der Waals surface area contributed by atoms with Crippen molar-refractivity contribution in [2.45, 2.75) is 38.8 Å². The number of benzene rings is 2. The van der Waals surface area contributed by atoms with Crippen LogP contribution in [0.2, 0.25) is 5.02 Å². The highest BCUT2D eigenvalue weighted by molar-refractivity contribution is 7.99. The molecule has 1 amide bonds. The number of nitrogens with one attached hydrogen (secondary N) is 1. The molecule has 0 unspecified atom stereocenters. The number of nitrogens with zero attached hydrogens (tertiary/aromatic N) is 4. The van der Waals surface area contributed by atoms with E-state index in [1.807, 2.05) is 26.0 Å². The SMILES string of the molecule is Cc1cc(C)c(NC(=O)CCCSc2nnnn2-c2ccc(Cl)cc2)c(C)c1. The molecule has 0 aliphatic carbocycles. The van der Waals surface area contributed by atoms with E-state index in [1.165, 1.54) is 17.3 Å². The van der Waals surface area contributed by atoms with Crippen LogP contribution in [0, 0.1) is 20.8 Å². The third-order valence-corrected chi connectivity index (χ3v) is 5.49. The fourth-order valence-corrected chi connectivity index (χ4v) is 3.94. The molecule has 1 N–H and O–H groups in total. The number of rotatable bonds is 7. The van der Waals surface area contributed by atoms with Crippen molar-refractivity contribution < 1.29 is 4.79 Å². The maximum absolute atomic E-state index is 12.3. The highest BCUT2D eigenvalue weighted by Crippen LogP contribution is 2.23. The molecule has 0 aliphatic heterocycles. The molecule has 8 heteroatoms. The second kappa shape index (κ2) is 9.21. The van der Waals surface area contributed by atoms with E-state index in [-0.39, 0.29) is 5.91 Å². The van der Waals surface area contributed by atoms with E-state index in [2.05, 4.69) is 39.9 Å². The third kappa shape index (κ3) is 5.11. The first kappa shape index (κ1) is 20.4. The van der Waals surface area contributed by atoms with Gasteiger partial charge in [0, 0.05) is 22.9 Å². The quantitative estimate of drug-likeness (QED) is 0.445. The van der Waals surface area contributed by atoms with Crippen molar-refractivity contribution in [3.63, 3.8) is 0 Å². The summed E-state index contributed by atoms with van der Waals surface area (Å²) in [6.45, 7) is 6.09. The first-order chi connectivity index (χ1) is 13.4. The summed E-state index contributed by atoms with van der Waals surface area (Å²) in [7, 11) is 0. The van der Waals surface area contributed by atoms with Crippen LogP contribution in [0.4, 0.5) is 5.69 Å². The molecule has 0 atom stereocenters. The van der Waals surface area contributed by atoms with Gasteiger partial charge in [-0.2, -0.15) is 4.68 Å². The number of amides is 1. The van der Waals surface area contributed by atoms with Crippen LogP contribution in [-0.4, -0.2) is 31.9 Å². The van der Waals surface area contributed by atoms with Gasteiger partial charge in [-0.25, -0.2) is 0 Å². The number of carbonyl (C=O) groups excluding carboxylic acids is 1. The molecule has 28 heavy (non-hydrogen) atoms. The highest BCUT2D eigenvalue weighted by atomic mass is 35.5. The van der Waals surface area contributed by atoms with Crippen LogP contribution < -0.4 is 5.32 Å². The fourth-order valence-electron chi connectivity index (χ4n) is 2.99. The van der Waals surface area contributed by atoms with Gasteiger partial charge in [0.2, 0.25) is 11.1 Å². The molecule has 0 saturated heterocycles. The minimum Gasteiger partial charge on any atom is -0.326 e.